The molecule has 1 N–H and O–H groups in total. The summed E-state index contributed by atoms with van der Waals surface area (Å²) in [6, 6.07) is 14.6. The van der Waals surface area contributed by atoms with Crippen LogP contribution >= 0.6 is 39.0 Å². The van der Waals surface area contributed by atoms with E-state index in [2.05, 4.69) is 56.1 Å². The molecule has 3 aromatic rings. The van der Waals surface area contributed by atoms with Crippen molar-refractivity contribution < 1.29 is 4.79 Å². The molecule has 0 aliphatic rings. The Morgan fingerprint density at radius 3 is 2.92 bits per heavy atom. The lowest BCUT2D eigenvalue weighted by Gasteiger charge is -2.07. The highest BCUT2D eigenvalue weighted by Gasteiger charge is 2.04. The molecule has 0 saturated carbocycles. The maximum absolute atomic E-state index is 12.0. The van der Waals surface area contributed by atoms with E-state index in [0.29, 0.717) is 6.42 Å². The van der Waals surface area contributed by atoms with Gasteiger partial charge in [0.15, 0.2) is 0 Å². The van der Waals surface area contributed by atoms with Gasteiger partial charge in [-0.1, -0.05) is 18.2 Å². The normalized spacial score (nSPS) is 11.0. The molecule has 3 nitrogen and oxygen atoms in total. The van der Waals surface area contributed by atoms with Gasteiger partial charge in [-0.05, 0) is 45.6 Å². The van der Waals surface area contributed by atoms with Crippen LogP contribution in [0.25, 0.3) is 10.9 Å². The van der Waals surface area contributed by atoms with Crippen molar-refractivity contribution in [1.82, 2.24) is 9.88 Å². The Kier molecular flexibility index (Phi) is 6.40. The third-order valence-electron chi connectivity index (χ3n) is 3.70. The van der Waals surface area contributed by atoms with Gasteiger partial charge in [0.05, 0.1) is 3.79 Å². The number of aryl methyl sites for hydroxylation is 1. The summed E-state index contributed by atoms with van der Waals surface area (Å²) < 4.78 is 3.31. The van der Waals surface area contributed by atoms with Gasteiger partial charge in [-0.2, -0.15) is 11.8 Å². The molecule has 0 fully saturated rings. The number of para-hydroxylation sites is 1. The van der Waals surface area contributed by atoms with Crippen molar-refractivity contribution >= 4 is 55.8 Å². The van der Waals surface area contributed by atoms with Gasteiger partial charge in [0.25, 0.3) is 0 Å². The zero-order valence-electron chi connectivity index (χ0n) is 13.2. The summed E-state index contributed by atoms with van der Waals surface area (Å²) in [7, 11) is 0. The number of carbonyl (C=O) groups is 1. The van der Waals surface area contributed by atoms with Crippen LogP contribution in [0.4, 0.5) is 0 Å². The molecular formula is C18H19BrN2OS2. The van der Waals surface area contributed by atoms with Gasteiger partial charge in [0, 0.05) is 47.6 Å². The minimum atomic E-state index is 0.118. The maximum Gasteiger partial charge on any atom is 0.221 e. The number of thiophene rings is 1. The second-order valence-corrected chi connectivity index (χ2v) is 9.08. The summed E-state index contributed by atoms with van der Waals surface area (Å²) in [6.45, 7) is 1.44. The standard InChI is InChI=1S/C18H19BrN2OS2/c19-17-6-5-15(24-17)13-23-12-9-20-18(22)8-11-21-10-7-14-3-1-2-4-16(14)21/h1-7,10H,8-9,11-13H2,(H,20,22). The molecule has 126 valence electrons. The van der Waals surface area contributed by atoms with Crippen molar-refractivity contribution in [3.05, 3.63) is 57.3 Å². The fourth-order valence-corrected chi connectivity index (χ4v) is 4.96. The Bertz CT molecular complexity index is 812. The van der Waals surface area contributed by atoms with Crippen LogP contribution in [0.5, 0.6) is 0 Å². The summed E-state index contributed by atoms with van der Waals surface area (Å²) in [4.78, 5) is 13.3. The first-order valence-corrected chi connectivity index (χ1v) is 10.6. The molecule has 6 heteroatoms. The first-order chi connectivity index (χ1) is 11.7. The van der Waals surface area contributed by atoms with E-state index in [1.54, 1.807) is 11.3 Å². The number of nitrogens with one attached hydrogen (secondary N) is 1. The number of hydrogen-bond donors (Lipinski definition) is 1. The van der Waals surface area contributed by atoms with Crippen molar-refractivity contribution in [1.29, 1.82) is 0 Å². The van der Waals surface area contributed by atoms with Crippen LogP contribution in [0.15, 0.2) is 52.4 Å². The molecule has 2 aromatic heterocycles. The second-order valence-electron chi connectivity index (χ2n) is 5.43. The molecule has 1 aromatic carbocycles. The smallest absolute Gasteiger partial charge is 0.221 e. The first kappa shape index (κ1) is 17.6. The lowest BCUT2D eigenvalue weighted by molar-refractivity contribution is -0.121. The summed E-state index contributed by atoms with van der Waals surface area (Å²) >= 11 is 7.09. The summed E-state index contributed by atoms with van der Waals surface area (Å²) in [5.74, 6) is 2.06. The number of halogens is 1. The number of benzene rings is 1. The monoisotopic (exact) mass is 422 g/mol. The topological polar surface area (TPSA) is 34.0 Å². The fourth-order valence-electron chi connectivity index (χ4n) is 2.51. The molecule has 0 unspecified atom stereocenters. The molecule has 24 heavy (non-hydrogen) atoms. The van der Waals surface area contributed by atoms with Gasteiger partial charge in [-0.3, -0.25) is 4.79 Å². The Morgan fingerprint density at radius 1 is 1.21 bits per heavy atom. The Balaban J connectivity index is 1.34. The van der Waals surface area contributed by atoms with Crippen LogP contribution in [0.3, 0.4) is 0 Å². The number of hydrogen-bond acceptors (Lipinski definition) is 3. The molecule has 0 bridgehead atoms. The minimum absolute atomic E-state index is 0.118. The highest BCUT2D eigenvalue weighted by atomic mass is 79.9. The van der Waals surface area contributed by atoms with Gasteiger partial charge < -0.3 is 9.88 Å². The van der Waals surface area contributed by atoms with Crippen LogP contribution in [-0.2, 0) is 17.1 Å². The highest BCUT2D eigenvalue weighted by Crippen LogP contribution is 2.25. The molecule has 0 atom stereocenters. The number of nitrogens with zero attached hydrogens (tertiary/aromatic N) is 1. The van der Waals surface area contributed by atoms with E-state index in [1.165, 1.54) is 19.6 Å². The van der Waals surface area contributed by atoms with Crippen LogP contribution < -0.4 is 5.32 Å². The van der Waals surface area contributed by atoms with E-state index in [9.17, 15) is 4.79 Å². The average molecular weight is 423 g/mol. The minimum Gasteiger partial charge on any atom is -0.355 e. The number of rotatable bonds is 8. The van der Waals surface area contributed by atoms with E-state index >= 15 is 0 Å². The van der Waals surface area contributed by atoms with Crippen molar-refractivity contribution in [2.75, 3.05) is 12.3 Å². The quantitative estimate of drug-likeness (QED) is 0.523. The van der Waals surface area contributed by atoms with E-state index in [1.807, 2.05) is 30.1 Å². The van der Waals surface area contributed by atoms with E-state index in [0.717, 1.165) is 24.6 Å². The van der Waals surface area contributed by atoms with Gasteiger partial charge >= 0.3 is 0 Å². The first-order valence-electron chi connectivity index (χ1n) is 7.85. The van der Waals surface area contributed by atoms with Crippen molar-refractivity contribution in [2.45, 2.75) is 18.7 Å². The Hall–Kier alpha value is -1.24. The Labute approximate surface area is 158 Å². The van der Waals surface area contributed by atoms with Crippen molar-refractivity contribution in [3.63, 3.8) is 0 Å². The molecule has 3 rings (SSSR count). The molecule has 2 heterocycles. The number of aromatic nitrogens is 1. The van der Waals surface area contributed by atoms with Crippen molar-refractivity contribution in [3.8, 4) is 0 Å². The van der Waals surface area contributed by atoms with Crippen LogP contribution in [-0.4, -0.2) is 22.8 Å². The number of amides is 1. The van der Waals surface area contributed by atoms with E-state index < -0.39 is 0 Å². The predicted octanol–water partition coefficient (Wildman–Crippen LogP) is 4.91. The lowest BCUT2D eigenvalue weighted by atomic mass is 10.2. The second kappa shape index (κ2) is 8.74. The molecule has 0 radical (unpaired) electrons. The van der Waals surface area contributed by atoms with Crippen molar-refractivity contribution in [2.24, 2.45) is 0 Å². The fraction of sp³-hybridized carbons (Fsp3) is 0.278. The van der Waals surface area contributed by atoms with Gasteiger partial charge in [0.1, 0.15) is 0 Å². The van der Waals surface area contributed by atoms with Gasteiger partial charge in [0.2, 0.25) is 5.91 Å². The predicted molar refractivity (Wildman–Crippen MR) is 108 cm³/mol. The largest absolute Gasteiger partial charge is 0.355 e. The number of thioether (sulfide) groups is 1. The molecule has 0 spiro atoms. The highest BCUT2D eigenvalue weighted by molar-refractivity contribution is 9.11. The SMILES string of the molecule is O=C(CCn1ccc2ccccc21)NCCSCc1ccc(Br)s1. The average Bonchev–Trinajstić information content (AvgIpc) is 3.19. The zero-order valence-corrected chi connectivity index (χ0v) is 16.4. The van der Waals surface area contributed by atoms with E-state index in [4.69, 9.17) is 0 Å². The molecule has 0 aliphatic carbocycles. The summed E-state index contributed by atoms with van der Waals surface area (Å²) in [5, 5.41) is 4.22. The van der Waals surface area contributed by atoms with Crippen LogP contribution in [0.1, 0.15) is 11.3 Å². The maximum atomic E-state index is 12.0. The van der Waals surface area contributed by atoms with E-state index in [-0.39, 0.29) is 5.91 Å². The third kappa shape index (κ3) is 4.88. The molecule has 1 amide bonds. The third-order valence-corrected chi connectivity index (χ3v) is 6.52. The van der Waals surface area contributed by atoms with Crippen LogP contribution in [0.2, 0.25) is 0 Å². The van der Waals surface area contributed by atoms with Gasteiger partial charge in [-0.25, -0.2) is 0 Å². The number of fused-ring (bicyclic) bond motifs is 1. The zero-order chi connectivity index (χ0) is 16.8. The summed E-state index contributed by atoms with van der Waals surface area (Å²) in [5.41, 5.74) is 1.18. The van der Waals surface area contributed by atoms with Crippen LogP contribution in [0, 0.1) is 0 Å². The molecular weight excluding hydrogens is 404 g/mol. The Morgan fingerprint density at radius 2 is 2.08 bits per heavy atom. The lowest BCUT2D eigenvalue weighted by Crippen LogP contribution is -2.26. The molecule has 0 aliphatic heterocycles. The summed E-state index contributed by atoms with van der Waals surface area (Å²) in [6.07, 6.45) is 2.56. The van der Waals surface area contributed by atoms with Gasteiger partial charge in [-0.15, -0.1) is 11.3 Å². The molecule has 0 saturated heterocycles. The number of carbonyl (C=O) groups excluding carboxylic acids is 1.